The van der Waals surface area contributed by atoms with E-state index in [4.69, 9.17) is 5.73 Å². The summed E-state index contributed by atoms with van der Waals surface area (Å²) in [5, 5.41) is 5.38. The second-order valence-corrected chi connectivity index (χ2v) is 4.93. The van der Waals surface area contributed by atoms with Crippen LogP contribution in [0.3, 0.4) is 0 Å². The van der Waals surface area contributed by atoms with Gasteiger partial charge in [0.1, 0.15) is 5.82 Å². The van der Waals surface area contributed by atoms with Crippen LogP contribution in [0.25, 0.3) is 0 Å². The number of amides is 2. The molecule has 0 spiro atoms. The lowest BCUT2D eigenvalue weighted by Crippen LogP contribution is -2.29. The highest BCUT2D eigenvalue weighted by Gasteiger charge is 2.07. The van der Waals surface area contributed by atoms with Crippen LogP contribution >= 0.6 is 0 Å². The van der Waals surface area contributed by atoms with Gasteiger partial charge >= 0.3 is 0 Å². The van der Waals surface area contributed by atoms with Crippen molar-refractivity contribution in [1.29, 1.82) is 0 Å². The number of halogens is 1. The molecule has 6 heteroatoms. The number of rotatable bonds is 6. The summed E-state index contributed by atoms with van der Waals surface area (Å²) in [6, 6.07) is 12.4. The molecule has 0 fully saturated rings. The number of hydrogen-bond donors (Lipinski definition) is 3. The van der Waals surface area contributed by atoms with Crippen LogP contribution in [0.4, 0.5) is 4.39 Å². The molecule has 4 N–H and O–H groups in total. The fourth-order valence-corrected chi connectivity index (χ4v) is 1.98. The minimum absolute atomic E-state index is 0.189. The lowest BCUT2D eigenvalue weighted by atomic mass is 10.1. The van der Waals surface area contributed by atoms with E-state index in [0.717, 1.165) is 5.56 Å². The van der Waals surface area contributed by atoms with Crippen molar-refractivity contribution in [2.45, 2.75) is 6.54 Å². The quantitative estimate of drug-likeness (QED) is 0.754. The predicted octanol–water partition coefficient (Wildman–Crippen LogP) is 1.44. The first-order valence-corrected chi connectivity index (χ1v) is 7.21. The Hall–Kier alpha value is -2.73. The van der Waals surface area contributed by atoms with Gasteiger partial charge in [-0.15, -0.1) is 0 Å². The van der Waals surface area contributed by atoms with Crippen LogP contribution in [0.15, 0.2) is 48.5 Å². The lowest BCUT2D eigenvalue weighted by molar-refractivity contribution is 0.0943. The zero-order valence-corrected chi connectivity index (χ0v) is 12.5. The van der Waals surface area contributed by atoms with Crippen LogP contribution in [0.1, 0.15) is 26.3 Å². The first kappa shape index (κ1) is 16.6. The van der Waals surface area contributed by atoms with E-state index in [2.05, 4.69) is 10.6 Å². The Morgan fingerprint density at radius 2 is 1.65 bits per heavy atom. The van der Waals surface area contributed by atoms with E-state index in [9.17, 15) is 14.0 Å². The molecule has 0 heterocycles. The summed E-state index contributed by atoms with van der Waals surface area (Å²) in [6.07, 6.45) is 0. The SMILES string of the molecule is NCCNC(=O)c1ccc(CNC(=O)c2cccc(F)c2)cc1. The maximum atomic E-state index is 13.1. The zero-order chi connectivity index (χ0) is 16.7. The minimum Gasteiger partial charge on any atom is -0.351 e. The molecule has 120 valence electrons. The molecule has 5 nitrogen and oxygen atoms in total. The van der Waals surface area contributed by atoms with Gasteiger partial charge in [-0.1, -0.05) is 18.2 Å². The topological polar surface area (TPSA) is 84.2 Å². The second kappa shape index (κ2) is 8.05. The molecule has 0 saturated heterocycles. The Kier molecular flexibility index (Phi) is 5.82. The summed E-state index contributed by atoms with van der Waals surface area (Å²) in [4.78, 5) is 23.6. The third kappa shape index (κ3) is 4.89. The summed E-state index contributed by atoms with van der Waals surface area (Å²) in [5.41, 5.74) is 6.96. The van der Waals surface area contributed by atoms with Gasteiger partial charge in [0.2, 0.25) is 0 Å². The standard InChI is InChI=1S/C17H18FN3O2/c18-15-3-1-2-14(10-15)17(23)21-11-12-4-6-13(7-5-12)16(22)20-9-8-19/h1-7,10H,8-9,11,19H2,(H,20,22)(H,21,23). The monoisotopic (exact) mass is 315 g/mol. The summed E-state index contributed by atoms with van der Waals surface area (Å²) < 4.78 is 13.1. The maximum absolute atomic E-state index is 13.1. The summed E-state index contributed by atoms with van der Waals surface area (Å²) in [5.74, 6) is -0.995. The molecule has 0 aromatic heterocycles. The third-order valence-corrected chi connectivity index (χ3v) is 3.19. The molecule has 0 saturated carbocycles. The van der Waals surface area contributed by atoms with Gasteiger partial charge in [-0.2, -0.15) is 0 Å². The van der Waals surface area contributed by atoms with Gasteiger partial charge in [-0.25, -0.2) is 4.39 Å². The van der Waals surface area contributed by atoms with Crippen molar-refractivity contribution in [3.8, 4) is 0 Å². The van der Waals surface area contributed by atoms with Crippen molar-refractivity contribution in [1.82, 2.24) is 10.6 Å². The van der Waals surface area contributed by atoms with Crippen molar-refractivity contribution in [3.63, 3.8) is 0 Å². The van der Waals surface area contributed by atoms with E-state index in [1.54, 1.807) is 30.3 Å². The van der Waals surface area contributed by atoms with Crippen LogP contribution in [-0.2, 0) is 6.54 Å². The van der Waals surface area contributed by atoms with E-state index < -0.39 is 5.82 Å². The van der Waals surface area contributed by atoms with Gasteiger partial charge in [-0.3, -0.25) is 9.59 Å². The average Bonchev–Trinajstić information content (AvgIpc) is 2.58. The molecule has 0 atom stereocenters. The first-order chi connectivity index (χ1) is 11.1. The second-order valence-electron chi connectivity index (χ2n) is 4.93. The molecule has 2 aromatic carbocycles. The van der Waals surface area contributed by atoms with Crippen molar-refractivity contribution >= 4 is 11.8 Å². The molecule has 0 unspecified atom stereocenters. The van der Waals surface area contributed by atoms with E-state index in [1.807, 2.05) is 0 Å². The van der Waals surface area contributed by atoms with Gasteiger partial charge in [-0.05, 0) is 35.9 Å². The van der Waals surface area contributed by atoms with Crippen molar-refractivity contribution in [3.05, 3.63) is 71.0 Å². The van der Waals surface area contributed by atoms with Crippen LogP contribution in [0.5, 0.6) is 0 Å². The number of carbonyl (C=O) groups is 2. The number of nitrogens with one attached hydrogen (secondary N) is 2. The van der Waals surface area contributed by atoms with E-state index in [1.165, 1.54) is 18.2 Å². The van der Waals surface area contributed by atoms with Crippen LogP contribution in [0, 0.1) is 5.82 Å². The summed E-state index contributed by atoms with van der Waals surface area (Å²) >= 11 is 0. The predicted molar refractivity (Wildman–Crippen MR) is 85.4 cm³/mol. The van der Waals surface area contributed by atoms with Crippen molar-refractivity contribution in [2.75, 3.05) is 13.1 Å². The first-order valence-electron chi connectivity index (χ1n) is 7.21. The molecule has 23 heavy (non-hydrogen) atoms. The summed E-state index contributed by atoms with van der Waals surface area (Å²) in [7, 11) is 0. The molecule has 0 aliphatic heterocycles. The molecule has 0 radical (unpaired) electrons. The smallest absolute Gasteiger partial charge is 0.251 e. The molecule has 0 bridgehead atoms. The Labute approximate surface area is 133 Å². The van der Waals surface area contributed by atoms with E-state index in [0.29, 0.717) is 25.2 Å². The Balaban J connectivity index is 1.91. The number of benzene rings is 2. The maximum Gasteiger partial charge on any atom is 0.251 e. The Morgan fingerprint density at radius 3 is 2.30 bits per heavy atom. The van der Waals surface area contributed by atoms with Gasteiger partial charge < -0.3 is 16.4 Å². The molecule has 0 aliphatic rings. The Morgan fingerprint density at radius 1 is 0.957 bits per heavy atom. The number of nitrogens with two attached hydrogens (primary N) is 1. The van der Waals surface area contributed by atoms with Gasteiger partial charge in [0.05, 0.1) is 0 Å². The average molecular weight is 315 g/mol. The number of carbonyl (C=O) groups excluding carboxylic acids is 2. The van der Waals surface area contributed by atoms with Crippen LogP contribution in [0.2, 0.25) is 0 Å². The molecule has 2 rings (SSSR count). The minimum atomic E-state index is -0.453. The highest BCUT2D eigenvalue weighted by molar-refractivity contribution is 5.94. The Bertz CT molecular complexity index is 686. The molecule has 0 aliphatic carbocycles. The molecule has 2 amide bonds. The van der Waals surface area contributed by atoms with Crippen LogP contribution in [-0.4, -0.2) is 24.9 Å². The molecular weight excluding hydrogens is 297 g/mol. The van der Waals surface area contributed by atoms with Gasteiger partial charge in [0.25, 0.3) is 11.8 Å². The third-order valence-electron chi connectivity index (χ3n) is 3.19. The summed E-state index contributed by atoms with van der Waals surface area (Å²) in [6.45, 7) is 1.10. The van der Waals surface area contributed by atoms with Crippen LogP contribution < -0.4 is 16.4 Å². The van der Waals surface area contributed by atoms with E-state index >= 15 is 0 Å². The zero-order valence-electron chi connectivity index (χ0n) is 12.5. The fourth-order valence-electron chi connectivity index (χ4n) is 1.98. The fraction of sp³-hybridized carbons (Fsp3) is 0.176. The number of hydrogen-bond acceptors (Lipinski definition) is 3. The highest BCUT2D eigenvalue weighted by atomic mass is 19.1. The van der Waals surface area contributed by atoms with E-state index in [-0.39, 0.29) is 17.4 Å². The molecule has 2 aromatic rings. The lowest BCUT2D eigenvalue weighted by Gasteiger charge is -2.07. The molecular formula is C17H18FN3O2. The van der Waals surface area contributed by atoms with Crippen molar-refractivity contribution < 1.29 is 14.0 Å². The normalized spacial score (nSPS) is 10.2. The van der Waals surface area contributed by atoms with Gasteiger partial charge in [0, 0.05) is 30.8 Å². The highest BCUT2D eigenvalue weighted by Crippen LogP contribution is 2.06. The van der Waals surface area contributed by atoms with Gasteiger partial charge in [0.15, 0.2) is 0 Å². The van der Waals surface area contributed by atoms with Crippen molar-refractivity contribution in [2.24, 2.45) is 5.73 Å². The largest absolute Gasteiger partial charge is 0.351 e.